The summed E-state index contributed by atoms with van der Waals surface area (Å²) in [7, 11) is 0. The molecule has 2 heterocycles. The van der Waals surface area contributed by atoms with Gasteiger partial charge in [0.25, 0.3) is 5.91 Å². The van der Waals surface area contributed by atoms with Crippen molar-refractivity contribution in [2.45, 2.75) is 39.2 Å². The van der Waals surface area contributed by atoms with Crippen LogP contribution in [0, 0.1) is 12.8 Å². The van der Waals surface area contributed by atoms with Gasteiger partial charge in [-0.3, -0.25) is 9.59 Å². The highest BCUT2D eigenvalue weighted by molar-refractivity contribution is 7.09. The van der Waals surface area contributed by atoms with E-state index >= 15 is 0 Å². The molecule has 1 aliphatic heterocycles. The topological polar surface area (TPSA) is 62.3 Å². The molecule has 0 radical (unpaired) electrons. The maximum atomic E-state index is 12.6. The van der Waals surface area contributed by atoms with Crippen molar-refractivity contribution in [3.8, 4) is 0 Å². The molecule has 27 heavy (non-hydrogen) atoms. The summed E-state index contributed by atoms with van der Waals surface area (Å²) in [6, 6.07) is 7.51. The van der Waals surface area contributed by atoms with Crippen molar-refractivity contribution in [2.24, 2.45) is 5.92 Å². The van der Waals surface area contributed by atoms with Gasteiger partial charge in [0, 0.05) is 36.5 Å². The number of likely N-dealkylation sites (tertiary alicyclic amines) is 1. The zero-order valence-electron chi connectivity index (χ0n) is 15.4. The van der Waals surface area contributed by atoms with E-state index in [0.717, 1.165) is 36.4 Å². The van der Waals surface area contributed by atoms with Crippen LogP contribution < -0.4 is 5.32 Å². The number of aromatic nitrogens is 1. The predicted octanol–water partition coefficient (Wildman–Crippen LogP) is 4.05. The number of rotatable bonds is 6. The lowest BCUT2D eigenvalue weighted by Gasteiger charge is -2.32. The van der Waals surface area contributed by atoms with Gasteiger partial charge in [-0.05, 0) is 43.7 Å². The van der Waals surface area contributed by atoms with Gasteiger partial charge >= 0.3 is 0 Å². The molecule has 2 aromatic rings. The first-order valence-corrected chi connectivity index (χ1v) is 10.5. The largest absolute Gasteiger partial charge is 0.352 e. The quantitative estimate of drug-likeness (QED) is 0.788. The van der Waals surface area contributed by atoms with Gasteiger partial charge in [-0.15, -0.1) is 11.3 Å². The number of nitrogens with zero attached hydrogens (tertiary/aromatic N) is 2. The monoisotopic (exact) mass is 405 g/mol. The van der Waals surface area contributed by atoms with E-state index in [1.807, 2.05) is 41.5 Å². The second-order valence-electron chi connectivity index (χ2n) is 6.92. The van der Waals surface area contributed by atoms with Crippen molar-refractivity contribution in [1.82, 2.24) is 15.2 Å². The first-order valence-electron chi connectivity index (χ1n) is 9.24. The Morgan fingerprint density at radius 2 is 2.19 bits per heavy atom. The van der Waals surface area contributed by atoms with Crippen LogP contribution in [-0.4, -0.2) is 34.8 Å². The van der Waals surface area contributed by atoms with E-state index in [1.54, 1.807) is 0 Å². The molecule has 2 amide bonds. The van der Waals surface area contributed by atoms with Gasteiger partial charge < -0.3 is 10.2 Å². The molecule has 1 saturated heterocycles. The van der Waals surface area contributed by atoms with Gasteiger partial charge in [-0.2, -0.15) is 0 Å². The third-order valence-corrected chi connectivity index (χ3v) is 6.00. The molecule has 0 saturated carbocycles. The van der Waals surface area contributed by atoms with Crippen LogP contribution in [-0.2, 0) is 11.3 Å². The minimum absolute atomic E-state index is 0.00669. The molecule has 0 unspecified atom stereocenters. The Bertz CT molecular complexity index is 808. The summed E-state index contributed by atoms with van der Waals surface area (Å²) in [5.41, 5.74) is 1.45. The first kappa shape index (κ1) is 19.8. The van der Waals surface area contributed by atoms with Gasteiger partial charge in [0.15, 0.2) is 0 Å². The molecule has 1 fully saturated rings. The van der Waals surface area contributed by atoms with Gasteiger partial charge in [0.1, 0.15) is 5.69 Å². The molecule has 144 valence electrons. The molecular weight excluding hydrogens is 382 g/mol. The summed E-state index contributed by atoms with van der Waals surface area (Å²) in [4.78, 5) is 30.9. The van der Waals surface area contributed by atoms with E-state index in [2.05, 4.69) is 10.3 Å². The summed E-state index contributed by atoms with van der Waals surface area (Å²) < 4.78 is 0. The number of carbonyl (C=O) groups excluding carboxylic acids is 2. The standard InChI is InChI=1S/C20H24ClN3O2S/c1-14-23-18(13-27-14)20(26)24-10-4-5-15(12-24)8-9-19(25)22-11-16-6-2-3-7-17(16)21/h2-3,6-7,13,15H,4-5,8-12H2,1H3,(H,22,25)/t15-/m0/s1. The number of aryl methyl sites for hydroxylation is 1. The lowest BCUT2D eigenvalue weighted by molar-refractivity contribution is -0.121. The average molecular weight is 406 g/mol. The fourth-order valence-electron chi connectivity index (χ4n) is 3.37. The Morgan fingerprint density at radius 1 is 1.37 bits per heavy atom. The number of carbonyl (C=O) groups is 2. The first-order chi connectivity index (χ1) is 13.0. The molecule has 0 spiro atoms. The summed E-state index contributed by atoms with van der Waals surface area (Å²) >= 11 is 7.61. The maximum absolute atomic E-state index is 12.6. The number of amides is 2. The SMILES string of the molecule is Cc1nc(C(=O)N2CCC[C@@H](CCC(=O)NCc3ccccc3Cl)C2)cs1. The summed E-state index contributed by atoms with van der Waals surface area (Å²) in [5, 5.41) is 6.32. The van der Waals surface area contributed by atoms with E-state index in [1.165, 1.54) is 11.3 Å². The van der Waals surface area contributed by atoms with Crippen LogP contribution in [0.5, 0.6) is 0 Å². The van der Waals surface area contributed by atoms with Crippen LogP contribution in [0.3, 0.4) is 0 Å². The molecule has 3 rings (SSSR count). The second-order valence-corrected chi connectivity index (χ2v) is 8.39. The number of nitrogens with one attached hydrogen (secondary N) is 1. The number of thiazole rings is 1. The van der Waals surface area contributed by atoms with Crippen LogP contribution >= 0.6 is 22.9 Å². The van der Waals surface area contributed by atoms with Crippen LogP contribution in [0.1, 0.15) is 46.7 Å². The molecule has 0 aliphatic carbocycles. The van der Waals surface area contributed by atoms with E-state index in [9.17, 15) is 9.59 Å². The third kappa shape index (κ3) is 5.53. The van der Waals surface area contributed by atoms with Gasteiger partial charge in [-0.25, -0.2) is 4.98 Å². The van der Waals surface area contributed by atoms with Gasteiger partial charge in [-0.1, -0.05) is 29.8 Å². The molecule has 5 nitrogen and oxygen atoms in total. The van der Waals surface area contributed by atoms with Crippen LogP contribution in [0.25, 0.3) is 0 Å². The molecule has 1 atom stereocenters. The molecule has 1 aromatic carbocycles. The fourth-order valence-corrected chi connectivity index (χ4v) is 4.16. The van der Waals surface area contributed by atoms with Crippen molar-refractivity contribution in [3.05, 3.63) is 50.9 Å². The normalized spacial score (nSPS) is 17.0. The molecule has 1 N–H and O–H groups in total. The zero-order valence-corrected chi connectivity index (χ0v) is 17.0. The van der Waals surface area contributed by atoms with E-state index in [-0.39, 0.29) is 11.8 Å². The Balaban J connectivity index is 1.44. The van der Waals surface area contributed by atoms with Gasteiger partial charge in [0.05, 0.1) is 5.01 Å². The molecule has 0 bridgehead atoms. The minimum Gasteiger partial charge on any atom is -0.352 e. The smallest absolute Gasteiger partial charge is 0.273 e. The molecule has 7 heteroatoms. The molecule has 1 aromatic heterocycles. The summed E-state index contributed by atoms with van der Waals surface area (Å²) in [6.07, 6.45) is 3.28. The highest BCUT2D eigenvalue weighted by Gasteiger charge is 2.26. The average Bonchev–Trinajstić information content (AvgIpc) is 3.11. The van der Waals surface area contributed by atoms with E-state index < -0.39 is 0 Å². The van der Waals surface area contributed by atoms with Crippen molar-refractivity contribution in [3.63, 3.8) is 0 Å². The predicted molar refractivity (Wildman–Crippen MR) is 108 cm³/mol. The number of benzene rings is 1. The Hall–Kier alpha value is -1.92. The molecule has 1 aliphatic rings. The highest BCUT2D eigenvalue weighted by Crippen LogP contribution is 2.23. The summed E-state index contributed by atoms with van der Waals surface area (Å²) in [6.45, 7) is 3.82. The van der Waals surface area contributed by atoms with Crippen LogP contribution in [0.4, 0.5) is 0 Å². The van der Waals surface area contributed by atoms with Gasteiger partial charge in [0.2, 0.25) is 5.91 Å². The maximum Gasteiger partial charge on any atom is 0.273 e. The number of hydrogen-bond acceptors (Lipinski definition) is 4. The fraction of sp³-hybridized carbons (Fsp3) is 0.450. The van der Waals surface area contributed by atoms with Crippen molar-refractivity contribution >= 4 is 34.8 Å². The zero-order chi connectivity index (χ0) is 19.2. The second kappa shape index (κ2) is 9.33. The van der Waals surface area contributed by atoms with E-state index in [0.29, 0.717) is 36.1 Å². The Labute approximate surface area is 168 Å². The highest BCUT2D eigenvalue weighted by atomic mass is 35.5. The van der Waals surface area contributed by atoms with Crippen molar-refractivity contribution in [1.29, 1.82) is 0 Å². The lowest BCUT2D eigenvalue weighted by Crippen LogP contribution is -2.40. The summed E-state index contributed by atoms with van der Waals surface area (Å²) in [5.74, 6) is 0.384. The minimum atomic E-state index is 0.00669. The van der Waals surface area contributed by atoms with Crippen LogP contribution in [0.2, 0.25) is 5.02 Å². The van der Waals surface area contributed by atoms with Crippen molar-refractivity contribution in [2.75, 3.05) is 13.1 Å². The third-order valence-electron chi connectivity index (χ3n) is 4.86. The van der Waals surface area contributed by atoms with E-state index in [4.69, 9.17) is 11.6 Å². The van der Waals surface area contributed by atoms with Crippen LogP contribution in [0.15, 0.2) is 29.6 Å². The Kier molecular flexibility index (Phi) is 6.85. The Morgan fingerprint density at radius 3 is 2.93 bits per heavy atom. The number of hydrogen-bond donors (Lipinski definition) is 1. The number of halogens is 1. The lowest BCUT2D eigenvalue weighted by atomic mass is 9.93. The number of piperidine rings is 1. The van der Waals surface area contributed by atoms with Crippen molar-refractivity contribution < 1.29 is 9.59 Å². The molecular formula is C20H24ClN3O2S.